The van der Waals surface area contributed by atoms with Crippen molar-refractivity contribution in [1.82, 2.24) is 0 Å². The SMILES string of the molecule is NCCCC[C@H](N)C(=O)C(OC=O)c1ccc(Cl)cc1Cl. The first-order valence-electron chi connectivity index (χ1n) is 6.54. The van der Waals surface area contributed by atoms with E-state index in [0.29, 0.717) is 23.6 Å². The minimum atomic E-state index is -1.12. The molecule has 0 saturated carbocycles. The number of nitrogens with two attached hydrogens (primary N) is 2. The third kappa shape index (κ3) is 5.28. The van der Waals surface area contributed by atoms with Crippen molar-refractivity contribution in [3.8, 4) is 0 Å². The van der Waals surface area contributed by atoms with Gasteiger partial charge in [0.05, 0.1) is 6.04 Å². The Labute approximate surface area is 133 Å². The topological polar surface area (TPSA) is 95.4 Å². The number of halogens is 2. The Bertz CT molecular complexity index is 497. The van der Waals surface area contributed by atoms with Crippen LogP contribution in [0.1, 0.15) is 30.9 Å². The standard InChI is InChI=1S/C14H18Cl2N2O3/c15-9-4-5-10(11(16)7-9)14(21-8-19)13(20)12(18)3-1-2-6-17/h4-5,7-8,12,14H,1-3,6,17-18H2/t12-,14?/m0/s1. The van der Waals surface area contributed by atoms with E-state index in [0.717, 1.165) is 12.8 Å². The predicted octanol–water partition coefficient (Wildman–Crippen LogP) is 2.23. The monoisotopic (exact) mass is 332 g/mol. The van der Waals surface area contributed by atoms with Crippen LogP contribution in [0.5, 0.6) is 0 Å². The summed E-state index contributed by atoms with van der Waals surface area (Å²) < 4.78 is 4.88. The van der Waals surface area contributed by atoms with E-state index in [4.69, 9.17) is 39.4 Å². The Kier molecular flexibility index (Phi) is 7.67. The molecule has 116 valence electrons. The molecule has 0 aliphatic heterocycles. The molecule has 0 saturated heterocycles. The fraction of sp³-hybridized carbons (Fsp3) is 0.429. The summed E-state index contributed by atoms with van der Waals surface area (Å²) in [5.41, 5.74) is 11.6. The number of hydrogen-bond acceptors (Lipinski definition) is 5. The minimum Gasteiger partial charge on any atom is -0.451 e. The summed E-state index contributed by atoms with van der Waals surface area (Å²) in [4.78, 5) is 23.0. The first-order valence-corrected chi connectivity index (χ1v) is 7.30. The van der Waals surface area contributed by atoms with Gasteiger partial charge in [0.1, 0.15) is 0 Å². The number of ether oxygens (including phenoxy) is 1. The first kappa shape index (κ1) is 17.9. The lowest BCUT2D eigenvalue weighted by Gasteiger charge is -2.19. The lowest BCUT2D eigenvalue weighted by molar-refractivity contribution is -0.145. The van der Waals surface area contributed by atoms with Gasteiger partial charge in [0.25, 0.3) is 6.47 Å². The number of unbranched alkanes of at least 4 members (excludes halogenated alkanes) is 1. The normalized spacial score (nSPS) is 13.5. The van der Waals surface area contributed by atoms with E-state index in [1.165, 1.54) is 6.07 Å². The highest BCUT2D eigenvalue weighted by Crippen LogP contribution is 2.29. The molecule has 0 bridgehead atoms. The van der Waals surface area contributed by atoms with Crippen molar-refractivity contribution < 1.29 is 14.3 Å². The molecule has 0 heterocycles. The van der Waals surface area contributed by atoms with Gasteiger partial charge in [0.15, 0.2) is 11.9 Å². The molecule has 0 radical (unpaired) electrons. The summed E-state index contributed by atoms with van der Waals surface area (Å²) in [5.74, 6) is -0.400. The maximum atomic E-state index is 12.3. The summed E-state index contributed by atoms with van der Waals surface area (Å²) in [6, 6.07) is 3.85. The molecule has 21 heavy (non-hydrogen) atoms. The number of Topliss-reactive ketones (excluding diaryl/α,β-unsaturated/α-hetero) is 1. The van der Waals surface area contributed by atoms with Crippen LogP contribution in [0.15, 0.2) is 18.2 Å². The Morgan fingerprint density at radius 2 is 2.05 bits per heavy atom. The van der Waals surface area contributed by atoms with E-state index < -0.39 is 17.9 Å². The highest BCUT2D eigenvalue weighted by molar-refractivity contribution is 6.35. The van der Waals surface area contributed by atoms with Gasteiger partial charge in [0.2, 0.25) is 0 Å². The van der Waals surface area contributed by atoms with Crippen LogP contribution < -0.4 is 11.5 Å². The molecule has 2 atom stereocenters. The number of carbonyl (C=O) groups excluding carboxylic acids is 2. The van der Waals surface area contributed by atoms with Crippen molar-refractivity contribution in [2.24, 2.45) is 11.5 Å². The van der Waals surface area contributed by atoms with Crippen molar-refractivity contribution in [2.75, 3.05) is 6.54 Å². The molecular formula is C14H18Cl2N2O3. The molecule has 1 rings (SSSR count). The second-order valence-corrected chi connectivity index (χ2v) is 5.42. The van der Waals surface area contributed by atoms with Crippen LogP contribution in [0.25, 0.3) is 0 Å². The van der Waals surface area contributed by atoms with Gasteiger partial charge in [-0.15, -0.1) is 0 Å². The van der Waals surface area contributed by atoms with Crippen molar-refractivity contribution in [3.05, 3.63) is 33.8 Å². The van der Waals surface area contributed by atoms with Crippen LogP contribution in [0.3, 0.4) is 0 Å². The molecule has 5 nitrogen and oxygen atoms in total. The second-order valence-electron chi connectivity index (χ2n) is 4.57. The third-order valence-corrected chi connectivity index (χ3v) is 3.59. The van der Waals surface area contributed by atoms with Gasteiger partial charge in [-0.2, -0.15) is 0 Å². The molecule has 0 aliphatic carbocycles. The number of carbonyl (C=O) groups is 2. The van der Waals surface area contributed by atoms with Crippen LogP contribution in [-0.4, -0.2) is 24.8 Å². The average molecular weight is 333 g/mol. The average Bonchev–Trinajstić information content (AvgIpc) is 2.45. The zero-order valence-electron chi connectivity index (χ0n) is 11.4. The molecule has 0 fully saturated rings. The van der Waals surface area contributed by atoms with Gasteiger partial charge in [-0.25, -0.2) is 0 Å². The van der Waals surface area contributed by atoms with Gasteiger partial charge < -0.3 is 16.2 Å². The number of ketones is 1. The summed E-state index contributed by atoms with van der Waals surface area (Å²) in [6.07, 6.45) is 0.855. The van der Waals surface area contributed by atoms with E-state index in [1.54, 1.807) is 12.1 Å². The van der Waals surface area contributed by atoms with Gasteiger partial charge in [-0.1, -0.05) is 35.7 Å². The zero-order valence-corrected chi connectivity index (χ0v) is 12.9. The smallest absolute Gasteiger partial charge is 0.294 e. The first-order chi connectivity index (χ1) is 10.0. The highest BCUT2D eigenvalue weighted by Gasteiger charge is 2.28. The molecule has 1 aromatic carbocycles. The van der Waals surface area contributed by atoms with Crippen LogP contribution in [0.4, 0.5) is 0 Å². The van der Waals surface area contributed by atoms with Crippen LogP contribution in [0, 0.1) is 0 Å². The predicted molar refractivity (Wildman–Crippen MR) is 82.2 cm³/mol. The Morgan fingerprint density at radius 3 is 2.62 bits per heavy atom. The number of rotatable bonds is 9. The number of hydrogen-bond donors (Lipinski definition) is 2. The maximum absolute atomic E-state index is 12.3. The molecule has 0 spiro atoms. The Morgan fingerprint density at radius 1 is 1.33 bits per heavy atom. The largest absolute Gasteiger partial charge is 0.451 e. The summed E-state index contributed by atoms with van der Waals surface area (Å²) in [6.45, 7) is 0.748. The summed E-state index contributed by atoms with van der Waals surface area (Å²) in [7, 11) is 0. The molecule has 0 amide bonds. The van der Waals surface area contributed by atoms with E-state index in [1.807, 2.05) is 0 Å². The van der Waals surface area contributed by atoms with Crippen LogP contribution >= 0.6 is 23.2 Å². The van der Waals surface area contributed by atoms with Crippen molar-refractivity contribution in [2.45, 2.75) is 31.4 Å². The summed E-state index contributed by atoms with van der Waals surface area (Å²) >= 11 is 11.9. The molecular weight excluding hydrogens is 315 g/mol. The van der Waals surface area contributed by atoms with Crippen LogP contribution in [-0.2, 0) is 14.3 Å². The van der Waals surface area contributed by atoms with Crippen molar-refractivity contribution in [1.29, 1.82) is 0 Å². The van der Waals surface area contributed by atoms with E-state index in [-0.39, 0.29) is 11.5 Å². The van der Waals surface area contributed by atoms with Gasteiger partial charge >= 0.3 is 0 Å². The molecule has 7 heteroatoms. The van der Waals surface area contributed by atoms with E-state index >= 15 is 0 Å². The van der Waals surface area contributed by atoms with Crippen molar-refractivity contribution in [3.63, 3.8) is 0 Å². The van der Waals surface area contributed by atoms with E-state index in [2.05, 4.69) is 0 Å². The number of benzene rings is 1. The quantitative estimate of drug-likeness (QED) is 0.534. The third-order valence-electron chi connectivity index (χ3n) is 3.03. The van der Waals surface area contributed by atoms with Gasteiger partial charge in [-0.05, 0) is 31.5 Å². The van der Waals surface area contributed by atoms with E-state index in [9.17, 15) is 9.59 Å². The zero-order chi connectivity index (χ0) is 15.8. The van der Waals surface area contributed by atoms with Crippen molar-refractivity contribution >= 4 is 35.5 Å². The summed E-state index contributed by atoms with van der Waals surface area (Å²) in [5, 5.41) is 0.671. The Hall–Kier alpha value is -1.14. The Balaban J connectivity index is 2.89. The maximum Gasteiger partial charge on any atom is 0.294 e. The lowest BCUT2D eigenvalue weighted by atomic mass is 9.97. The molecule has 4 N–H and O–H groups in total. The fourth-order valence-electron chi connectivity index (χ4n) is 1.91. The van der Waals surface area contributed by atoms with Gasteiger partial charge in [-0.3, -0.25) is 9.59 Å². The molecule has 1 unspecified atom stereocenters. The highest BCUT2D eigenvalue weighted by atomic mass is 35.5. The van der Waals surface area contributed by atoms with Gasteiger partial charge in [0, 0.05) is 15.6 Å². The molecule has 0 aliphatic rings. The molecule has 0 aromatic heterocycles. The second kappa shape index (κ2) is 9.00. The fourth-order valence-corrected chi connectivity index (χ4v) is 2.42. The molecule has 1 aromatic rings. The van der Waals surface area contributed by atoms with Crippen LogP contribution in [0.2, 0.25) is 10.0 Å². The lowest BCUT2D eigenvalue weighted by Crippen LogP contribution is -2.35. The minimum absolute atomic E-state index is 0.208.